The standard InChI is InChI=1S/C13H21NO2S2/c1-14-9-11(4-5-13-3-2-7-17-13)12-6-8-18(15,16)10-12/h2-3,7,11-12,14H,4-6,8-10H2,1H3. The third-order valence-electron chi connectivity index (χ3n) is 3.74. The lowest BCUT2D eigenvalue weighted by atomic mass is 9.87. The van der Waals surface area contributed by atoms with Gasteiger partial charge in [-0.3, -0.25) is 0 Å². The van der Waals surface area contributed by atoms with E-state index in [1.807, 2.05) is 7.05 Å². The SMILES string of the molecule is CNCC(CCc1cccs1)C1CCS(=O)(=O)C1. The molecular formula is C13H21NO2S2. The first-order valence-electron chi connectivity index (χ1n) is 6.48. The van der Waals surface area contributed by atoms with Gasteiger partial charge in [-0.2, -0.15) is 0 Å². The van der Waals surface area contributed by atoms with Crippen molar-refractivity contribution in [3.63, 3.8) is 0 Å². The molecule has 0 saturated carbocycles. The van der Waals surface area contributed by atoms with Crippen LogP contribution in [0, 0.1) is 11.8 Å². The highest BCUT2D eigenvalue weighted by Gasteiger charge is 2.33. The van der Waals surface area contributed by atoms with E-state index in [2.05, 4.69) is 22.8 Å². The molecule has 5 heteroatoms. The Hall–Kier alpha value is -0.390. The van der Waals surface area contributed by atoms with E-state index in [9.17, 15) is 8.42 Å². The first-order chi connectivity index (χ1) is 8.61. The van der Waals surface area contributed by atoms with Crippen molar-refractivity contribution in [2.45, 2.75) is 19.3 Å². The minimum atomic E-state index is -2.76. The van der Waals surface area contributed by atoms with Gasteiger partial charge < -0.3 is 5.32 Å². The monoisotopic (exact) mass is 287 g/mol. The topological polar surface area (TPSA) is 46.2 Å². The third kappa shape index (κ3) is 3.80. The van der Waals surface area contributed by atoms with E-state index in [4.69, 9.17) is 0 Å². The highest BCUT2D eigenvalue weighted by Crippen LogP contribution is 2.29. The van der Waals surface area contributed by atoms with Gasteiger partial charge in [0.15, 0.2) is 9.84 Å². The quantitative estimate of drug-likeness (QED) is 0.870. The number of thiophene rings is 1. The van der Waals surface area contributed by atoms with Gasteiger partial charge in [-0.1, -0.05) is 6.07 Å². The van der Waals surface area contributed by atoms with Crippen molar-refractivity contribution in [1.29, 1.82) is 0 Å². The molecule has 2 unspecified atom stereocenters. The Kier molecular flexibility index (Phi) is 4.81. The lowest BCUT2D eigenvalue weighted by molar-refractivity contribution is 0.333. The van der Waals surface area contributed by atoms with Crippen LogP contribution in [-0.4, -0.2) is 33.5 Å². The molecular weight excluding hydrogens is 266 g/mol. The lowest BCUT2D eigenvalue weighted by Crippen LogP contribution is -2.27. The van der Waals surface area contributed by atoms with Crippen molar-refractivity contribution < 1.29 is 8.42 Å². The van der Waals surface area contributed by atoms with Gasteiger partial charge in [-0.25, -0.2) is 8.42 Å². The summed E-state index contributed by atoms with van der Waals surface area (Å²) in [6.07, 6.45) is 3.00. The van der Waals surface area contributed by atoms with Crippen molar-refractivity contribution in [3.8, 4) is 0 Å². The molecule has 0 bridgehead atoms. The molecule has 1 fully saturated rings. The fourth-order valence-electron chi connectivity index (χ4n) is 2.74. The van der Waals surface area contributed by atoms with Crippen LogP contribution in [0.2, 0.25) is 0 Å². The summed E-state index contributed by atoms with van der Waals surface area (Å²) in [5.74, 6) is 1.61. The molecule has 0 aliphatic carbocycles. The molecule has 0 radical (unpaired) electrons. The number of nitrogens with one attached hydrogen (secondary N) is 1. The summed E-state index contributed by atoms with van der Waals surface area (Å²) < 4.78 is 23.1. The summed E-state index contributed by atoms with van der Waals surface area (Å²) >= 11 is 1.79. The average Bonchev–Trinajstić information content (AvgIpc) is 2.93. The molecule has 1 aromatic rings. The van der Waals surface area contributed by atoms with Crippen molar-refractivity contribution >= 4 is 21.2 Å². The van der Waals surface area contributed by atoms with Gasteiger partial charge in [0.1, 0.15) is 0 Å². The van der Waals surface area contributed by atoms with Crippen molar-refractivity contribution in [2.24, 2.45) is 11.8 Å². The second-order valence-corrected chi connectivity index (χ2v) is 8.36. The van der Waals surface area contributed by atoms with E-state index in [0.717, 1.165) is 25.8 Å². The molecule has 0 spiro atoms. The Morgan fingerprint density at radius 1 is 1.56 bits per heavy atom. The highest BCUT2D eigenvalue weighted by molar-refractivity contribution is 7.91. The Bertz CT molecular complexity index is 453. The smallest absolute Gasteiger partial charge is 0.150 e. The van der Waals surface area contributed by atoms with Gasteiger partial charge in [-0.05, 0) is 56.1 Å². The summed E-state index contributed by atoms with van der Waals surface area (Å²) in [5.41, 5.74) is 0. The van der Waals surface area contributed by atoms with E-state index in [0.29, 0.717) is 23.3 Å². The zero-order chi connectivity index (χ0) is 13.0. The Morgan fingerprint density at radius 2 is 2.39 bits per heavy atom. The van der Waals surface area contributed by atoms with Gasteiger partial charge >= 0.3 is 0 Å². The normalized spacial score (nSPS) is 24.2. The van der Waals surface area contributed by atoms with Crippen LogP contribution in [0.4, 0.5) is 0 Å². The number of hydrogen-bond acceptors (Lipinski definition) is 4. The predicted molar refractivity (Wildman–Crippen MR) is 76.8 cm³/mol. The minimum absolute atomic E-state index is 0.349. The highest BCUT2D eigenvalue weighted by atomic mass is 32.2. The zero-order valence-electron chi connectivity index (χ0n) is 10.8. The number of sulfone groups is 1. The largest absolute Gasteiger partial charge is 0.319 e. The molecule has 102 valence electrons. The van der Waals surface area contributed by atoms with Crippen LogP contribution >= 0.6 is 11.3 Å². The summed E-state index contributed by atoms with van der Waals surface area (Å²) in [6.45, 7) is 0.922. The first kappa shape index (κ1) is 14.0. The average molecular weight is 287 g/mol. The maximum Gasteiger partial charge on any atom is 0.150 e. The molecule has 2 rings (SSSR count). The molecule has 2 heterocycles. The summed E-state index contributed by atoms with van der Waals surface area (Å²) in [5, 5.41) is 5.31. The minimum Gasteiger partial charge on any atom is -0.319 e. The van der Waals surface area contributed by atoms with E-state index in [-0.39, 0.29) is 0 Å². The van der Waals surface area contributed by atoms with E-state index >= 15 is 0 Å². The summed E-state index contributed by atoms with van der Waals surface area (Å²) in [4.78, 5) is 1.40. The van der Waals surface area contributed by atoms with Crippen molar-refractivity contribution in [1.82, 2.24) is 5.32 Å². The Balaban J connectivity index is 1.91. The van der Waals surface area contributed by atoms with Gasteiger partial charge in [-0.15, -0.1) is 11.3 Å². The molecule has 1 saturated heterocycles. The number of aryl methyl sites for hydroxylation is 1. The second kappa shape index (κ2) is 6.17. The maximum absolute atomic E-state index is 11.6. The van der Waals surface area contributed by atoms with Crippen LogP contribution in [0.1, 0.15) is 17.7 Å². The third-order valence-corrected chi connectivity index (χ3v) is 6.47. The zero-order valence-corrected chi connectivity index (χ0v) is 12.4. The van der Waals surface area contributed by atoms with E-state index < -0.39 is 9.84 Å². The summed E-state index contributed by atoms with van der Waals surface area (Å²) in [7, 11) is -0.810. The van der Waals surface area contributed by atoms with Gasteiger partial charge in [0.2, 0.25) is 0 Å². The van der Waals surface area contributed by atoms with Crippen molar-refractivity contribution in [3.05, 3.63) is 22.4 Å². The van der Waals surface area contributed by atoms with Crippen LogP contribution < -0.4 is 5.32 Å². The molecule has 0 aromatic carbocycles. The number of rotatable bonds is 6. The molecule has 0 amide bonds. The fraction of sp³-hybridized carbons (Fsp3) is 0.692. The Labute approximate surface area is 114 Å². The lowest BCUT2D eigenvalue weighted by Gasteiger charge is -2.22. The summed E-state index contributed by atoms with van der Waals surface area (Å²) in [6, 6.07) is 4.24. The van der Waals surface area contributed by atoms with Gasteiger partial charge in [0, 0.05) is 4.88 Å². The molecule has 3 nitrogen and oxygen atoms in total. The van der Waals surface area contributed by atoms with Gasteiger partial charge in [0.25, 0.3) is 0 Å². The number of hydrogen-bond donors (Lipinski definition) is 1. The van der Waals surface area contributed by atoms with Crippen LogP contribution in [0.3, 0.4) is 0 Å². The molecule has 18 heavy (non-hydrogen) atoms. The molecule has 1 N–H and O–H groups in total. The van der Waals surface area contributed by atoms with Gasteiger partial charge in [0.05, 0.1) is 11.5 Å². The van der Waals surface area contributed by atoms with E-state index in [1.54, 1.807) is 11.3 Å². The maximum atomic E-state index is 11.6. The molecule has 2 atom stereocenters. The second-order valence-electron chi connectivity index (χ2n) is 5.10. The predicted octanol–water partition coefficient (Wildman–Crippen LogP) is 1.95. The van der Waals surface area contributed by atoms with Crippen molar-refractivity contribution in [2.75, 3.05) is 25.1 Å². The van der Waals surface area contributed by atoms with E-state index in [1.165, 1.54) is 4.88 Å². The van der Waals surface area contributed by atoms with Crippen LogP contribution in [0.15, 0.2) is 17.5 Å². The molecule has 1 aromatic heterocycles. The molecule has 1 aliphatic heterocycles. The van der Waals surface area contributed by atoms with Crippen LogP contribution in [-0.2, 0) is 16.3 Å². The van der Waals surface area contributed by atoms with Crippen LogP contribution in [0.5, 0.6) is 0 Å². The van der Waals surface area contributed by atoms with Crippen LogP contribution in [0.25, 0.3) is 0 Å². The Morgan fingerprint density at radius 3 is 2.94 bits per heavy atom. The first-order valence-corrected chi connectivity index (χ1v) is 9.18. The fourth-order valence-corrected chi connectivity index (χ4v) is 5.39. The molecule has 1 aliphatic rings.